The molecule has 1 unspecified atom stereocenters. The van der Waals surface area contributed by atoms with Crippen molar-refractivity contribution in [2.75, 3.05) is 27.2 Å². The monoisotopic (exact) mass is 567 g/mol. The molecule has 4 rings (SSSR count). The molecule has 182 valence electrons. The molecular formula is C24H38IN7O. The summed E-state index contributed by atoms with van der Waals surface area (Å²) < 4.78 is 7.15. The van der Waals surface area contributed by atoms with Gasteiger partial charge in [-0.05, 0) is 49.4 Å². The molecule has 3 heterocycles. The van der Waals surface area contributed by atoms with Crippen molar-refractivity contribution in [1.29, 1.82) is 0 Å². The van der Waals surface area contributed by atoms with E-state index < -0.39 is 0 Å². The largest absolute Gasteiger partial charge is 0.377 e. The van der Waals surface area contributed by atoms with Gasteiger partial charge in [0, 0.05) is 39.7 Å². The van der Waals surface area contributed by atoms with Crippen LogP contribution in [0.4, 0.5) is 0 Å². The zero-order chi connectivity index (χ0) is 22.3. The lowest BCUT2D eigenvalue weighted by molar-refractivity contribution is 0.177. The van der Waals surface area contributed by atoms with E-state index in [1.54, 1.807) is 7.11 Å². The van der Waals surface area contributed by atoms with Crippen molar-refractivity contribution in [3.8, 4) is 0 Å². The second-order valence-electron chi connectivity index (χ2n) is 9.14. The number of hydrogen-bond acceptors (Lipinski definition) is 5. The van der Waals surface area contributed by atoms with Gasteiger partial charge in [-0.1, -0.05) is 31.2 Å². The number of nitrogens with one attached hydrogen (secondary N) is 2. The molecule has 0 spiro atoms. The Morgan fingerprint density at radius 1 is 1.21 bits per heavy atom. The fourth-order valence-corrected chi connectivity index (χ4v) is 4.56. The first kappa shape index (κ1) is 25.9. The van der Waals surface area contributed by atoms with Crippen molar-refractivity contribution >= 4 is 29.9 Å². The quantitative estimate of drug-likeness (QED) is 0.305. The van der Waals surface area contributed by atoms with E-state index in [1.165, 1.54) is 37.1 Å². The van der Waals surface area contributed by atoms with Crippen LogP contribution in [0.25, 0.3) is 0 Å². The van der Waals surface area contributed by atoms with Crippen molar-refractivity contribution in [3.05, 3.63) is 47.0 Å². The van der Waals surface area contributed by atoms with Crippen molar-refractivity contribution in [1.82, 2.24) is 30.3 Å². The molecule has 0 bridgehead atoms. The van der Waals surface area contributed by atoms with Crippen molar-refractivity contribution in [2.45, 2.75) is 64.9 Å². The third kappa shape index (κ3) is 7.38. The third-order valence-corrected chi connectivity index (χ3v) is 6.47. The van der Waals surface area contributed by atoms with Gasteiger partial charge < -0.3 is 15.4 Å². The number of aryl methyl sites for hydroxylation is 1. The highest BCUT2D eigenvalue weighted by atomic mass is 127. The number of methoxy groups -OCH3 is 1. The van der Waals surface area contributed by atoms with Crippen molar-refractivity contribution < 1.29 is 4.74 Å². The molecule has 2 aliphatic heterocycles. The van der Waals surface area contributed by atoms with Gasteiger partial charge in [0.05, 0.1) is 6.54 Å². The second-order valence-corrected chi connectivity index (χ2v) is 9.14. The molecule has 1 atom stereocenters. The lowest BCUT2D eigenvalue weighted by Gasteiger charge is -2.30. The third-order valence-electron chi connectivity index (χ3n) is 6.47. The van der Waals surface area contributed by atoms with E-state index in [2.05, 4.69) is 61.8 Å². The van der Waals surface area contributed by atoms with Crippen LogP contribution in [-0.4, -0.2) is 58.9 Å². The Labute approximate surface area is 214 Å². The molecule has 1 fully saturated rings. The molecule has 33 heavy (non-hydrogen) atoms. The fraction of sp³-hybridized carbons (Fsp3) is 0.625. The molecule has 2 N–H and O–H groups in total. The standard InChI is InChI=1S/C24H37N7O.HI/c1-18-9-11-30(12-10-18)15-20-6-4-5-19(13-20)14-26-24(25-2)27-21-7-8-23-28-22(17-32-3)29-31(23)16-21;/h4-6,13,18,21H,7-12,14-17H2,1-3H3,(H2,25,26,27);1H. The maximum atomic E-state index is 5.16. The van der Waals surface area contributed by atoms with Gasteiger partial charge in [-0.15, -0.1) is 24.0 Å². The predicted molar refractivity (Wildman–Crippen MR) is 142 cm³/mol. The van der Waals surface area contributed by atoms with Crippen LogP contribution in [0.1, 0.15) is 49.0 Å². The second kappa shape index (κ2) is 12.7. The zero-order valence-electron chi connectivity index (χ0n) is 20.1. The summed E-state index contributed by atoms with van der Waals surface area (Å²) in [6.07, 6.45) is 4.54. The highest BCUT2D eigenvalue weighted by molar-refractivity contribution is 14.0. The van der Waals surface area contributed by atoms with Crippen molar-refractivity contribution in [3.63, 3.8) is 0 Å². The van der Waals surface area contributed by atoms with Crippen LogP contribution in [-0.2, 0) is 37.4 Å². The molecular weight excluding hydrogens is 529 g/mol. The average molecular weight is 568 g/mol. The smallest absolute Gasteiger partial charge is 0.191 e. The SMILES string of the molecule is CN=C(NCc1cccc(CN2CCC(C)CC2)c1)NC1CCc2nc(COC)nn2C1.I. The summed E-state index contributed by atoms with van der Waals surface area (Å²) in [5.41, 5.74) is 2.67. The molecule has 0 radical (unpaired) electrons. The summed E-state index contributed by atoms with van der Waals surface area (Å²) in [5, 5.41) is 11.6. The van der Waals surface area contributed by atoms with E-state index in [0.29, 0.717) is 6.61 Å². The van der Waals surface area contributed by atoms with E-state index in [1.807, 2.05) is 11.7 Å². The number of guanidine groups is 1. The number of rotatable bonds is 7. The van der Waals surface area contributed by atoms with Crippen LogP contribution in [0, 0.1) is 5.92 Å². The van der Waals surface area contributed by atoms with Gasteiger partial charge in [0.25, 0.3) is 0 Å². The van der Waals surface area contributed by atoms with E-state index in [0.717, 1.165) is 56.0 Å². The normalized spacial score (nSPS) is 19.6. The Kier molecular flexibility index (Phi) is 9.94. The minimum absolute atomic E-state index is 0. The van der Waals surface area contributed by atoms with Crippen LogP contribution in [0.3, 0.4) is 0 Å². The van der Waals surface area contributed by atoms with Crippen LogP contribution < -0.4 is 10.6 Å². The van der Waals surface area contributed by atoms with Gasteiger partial charge >= 0.3 is 0 Å². The molecule has 2 aromatic rings. The number of hydrogen-bond donors (Lipinski definition) is 2. The lowest BCUT2D eigenvalue weighted by atomic mass is 9.98. The molecule has 2 aliphatic rings. The highest BCUT2D eigenvalue weighted by Crippen LogP contribution is 2.18. The Morgan fingerprint density at radius 2 is 2.00 bits per heavy atom. The predicted octanol–water partition coefficient (Wildman–Crippen LogP) is 2.95. The Morgan fingerprint density at radius 3 is 2.76 bits per heavy atom. The fourth-order valence-electron chi connectivity index (χ4n) is 4.56. The maximum Gasteiger partial charge on any atom is 0.191 e. The molecule has 1 saturated heterocycles. The topological polar surface area (TPSA) is 79.6 Å². The summed E-state index contributed by atoms with van der Waals surface area (Å²) >= 11 is 0. The summed E-state index contributed by atoms with van der Waals surface area (Å²) in [6.45, 7) is 7.82. The van der Waals surface area contributed by atoms with E-state index in [9.17, 15) is 0 Å². The molecule has 1 aromatic carbocycles. The number of ether oxygens (including phenoxy) is 1. The highest BCUT2D eigenvalue weighted by Gasteiger charge is 2.22. The van der Waals surface area contributed by atoms with Crippen LogP contribution in [0.2, 0.25) is 0 Å². The molecule has 0 amide bonds. The van der Waals surface area contributed by atoms with Gasteiger partial charge in [-0.25, -0.2) is 9.67 Å². The number of nitrogens with zero attached hydrogens (tertiary/aromatic N) is 5. The molecule has 1 aromatic heterocycles. The Hall–Kier alpha value is -1.72. The van der Waals surface area contributed by atoms with Gasteiger partial charge in [-0.2, -0.15) is 5.10 Å². The van der Waals surface area contributed by atoms with Crippen LogP contribution in [0.15, 0.2) is 29.3 Å². The molecule has 9 heteroatoms. The molecule has 0 saturated carbocycles. The van der Waals surface area contributed by atoms with Gasteiger partial charge in [0.1, 0.15) is 12.4 Å². The number of aliphatic imine (C=N–C) groups is 1. The molecule has 8 nitrogen and oxygen atoms in total. The van der Waals surface area contributed by atoms with Gasteiger partial charge in [-0.3, -0.25) is 9.89 Å². The average Bonchev–Trinajstić information content (AvgIpc) is 3.20. The summed E-state index contributed by atoms with van der Waals surface area (Å²) in [4.78, 5) is 11.6. The number of likely N-dealkylation sites (tertiary alicyclic amines) is 1. The van der Waals surface area contributed by atoms with Gasteiger partial charge in [0.2, 0.25) is 0 Å². The molecule has 0 aliphatic carbocycles. The number of benzene rings is 1. The lowest BCUT2D eigenvalue weighted by Crippen LogP contribution is -2.46. The number of halogens is 1. The first-order valence-electron chi connectivity index (χ1n) is 11.8. The summed E-state index contributed by atoms with van der Waals surface area (Å²) in [7, 11) is 3.49. The number of fused-ring (bicyclic) bond motifs is 1. The van der Waals surface area contributed by atoms with Crippen LogP contribution >= 0.6 is 24.0 Å². The van der Waals surface area contributed by atoms with E-state index in [4.69, 9.17) is 4.74 Å². The Bertz CT molecular complexity index is 908. The van der Waals surface area contributed by atoms with Crippen LogP contribution in [0.5, 0.6) is 0 Å². The summed E-state index contributed by atoms with van der Waals surface area (Å²) in [6, 6.07) is 9.18. The first-order valence-corrected chi connectivity index (χ1v) is 11.8. The van der Waals surface area contributed by atoms with E-state index in [-0.39, 0.29) is 30.0 Å². The Balaban J connectivity index is 0.00000306. The zero-order valence-corrected chi connectivity index (χ0v) is 22.4. The van der Waals surface area contributed by atoms with Gasteiger partial charge in [0.15, 0.2) is 11.8 Å². The minimum Gasteiger partial charge on any atom is -0.377 e. The number of piperidine rings is 1. The van der Waals surface area contributed by atoms with E-state index >= 15 is 0 Å². The number of aromatic nitrogens is 3. The summed E-state index contributed by atoms with van der Waals surface area (Å²) in [5.74, 6) is 3.49. The maximum absolute atomic E-state index is 5.16. The van der Waals surface area contributed by atoms with Crippen molar-refractivity contribution in [2.24, 2.45) is 10.9 Å². The minimum atomic E-state index is 0. The first-order chi connectivity index (χ1) is 15.6.